The molecular weight excluding hydrogens is 937 g/mol. The fraction of sp³-hybridized carbons (Fsp3) is 0.429. The molecular formula is C56H68N12O6. The number of nitrogen functional groups attached to an aromatic ring is 1. The Bertz CT molecular complexity index is 2910. The third-order valence-corrected chi connectivity index (χ3v) is 14.3. The quantitative estimate of drug-likeness (QED) is 0.0428. The maximum absolute atomic E-state index is 13.3. The van der Waals surface area contributed by atoms with Gasteiger partial charge in [-0.2, -0.15) is 10.1 Å². The molecule has 2 fully saturated rings. The minimum Gasteiger partial charge on any atom is -0.495 e. The Morgan fingerprint density at radius 2 is 1.64 bits per heavy atom. The van der Waals surface area contributed by atoms with Crippen molar-refractivity contribution in [1.82, 2.24) is 39.9 Å². The predicted octanol–water partition coefficient (Wildman–Crippen LogP) is 9.42. The van der Waals surface area contributed by atoms with Crippen LogP contribution in [0.15, 0.2) is 97.5 Å². The number of methoxy groups -OCH3 is 1. The van der Waals surface area contributed by atoms with E-state index in [0.717, 1.165) is 94.2 Å². The summed E-state index contributed by atoms with van der Waals surface area (Å²) in [5.41, 5.74) is 10.5. The monoisotopic (exact) mass is 1000 g/mol. The SMILES string of the molecule is CC[C@@H]1C(=O)N(C)c2cnc(Nc3ccc(C(=O)NCCCCCCCCOC/C=C/C(=O)N4CCC[C@@H](n5nc(-c6ccc(Oc7ccccc7)cc6)c6c(N)ncnc65)C4)cc3OC)nc2N1C1CCCC1. The molecule has 0 radical (unpaired) electrons. The first kappa shape index (κ1) is 51.3. The summed E-state index contributed by atoms with van der Waals surface area (Å²) in [6.07, 6.45) is 19.3. The van der Waals surface area contributed by atoms with Crippen molar-refractivity contribution in [2.24, 2.45) is 0 Å². The van der Waals surface area contributed by atoms with Gasteiger partial charge < -0.3 is 45.3 Å². The van der Waals surface area contributed by atoms with E-state index >= 15 is 0 Å². The minimum atomic E-state index is -0.260. The molecule has 5 heterocycles. The smallest absolute Gasteiger partial charge is 0.251 e. The molecule has 3 amide bonds. The van der Waals surface area contributed by atoms with Crippen molar-refractivity contribution < 1.29 is 28.6 Å². The Kier molecular flexibility index (Phi) is 16.9. The van der Waals surface area contributed by atoms with E-state index in [4.69, 9.17) is 30.0 Å². The van der Waals surface area contributed by atoms with Crippen LogP contribution in [0.3, 0.4) is 0 Å². The molecule has 6 aromatic rings. The fourth-order valence-corrected chi connectivity index (χ4v) is 10.4. The third-order valence-electron chi connectivity index (χ3n) is 14.3. The molecule has 0 unspecified atom stereocenters. The van der Waals surface area contributed by atoms with Gasteiger partial charge in [-0.3, -0.25) is 14.4 Å². The second kappa shape index (κ2) is 24.4. The highest BCUT2D eigenvalue weighted by Crippen LogP contribution is 2.41. The molecule has 2 aliphatic heterocycles. The number of hydrogen-bond donors (Lipinski definition) is 3. The lowest BCUT2D eigenvalue weighted by Crippen LogP contribution is -2.55. The van der Waals surface area contributed by atoms with Crippen molar-refractivity contribution in [2.45, 2.75) is 109 Å². The van der Waals surface area contributed by atoms with Crippen LogP contribution in [-0.4, -0.2) is 111 Å². The Hall–Kier alpha value is -7.60. The molecule has 0 bridgehead atoms. The van der Waals surface area contributed by atoms with Crippen LogP contribution in [0, 0.1) is 0 Å². The first-order valence-electron chi connectivity index (χ1n) is 26.2. The summed E-state index contributed by atoms with van der Waals surface area (Å²) in [5.74, 6) is 3.33. The van der Waals surface area contributed by atoms with Gasteiger partial charge in [0.15, 0.2) is 11.5 Å². The third kappa shape index (κ3) is 11.9. The number of rotatable bonds is 22. The fourth-order valence-electron chi connectivity index (χ4n) is 10.4. The van der Waals surface area contributed by atoms with Crippen molar-refractivity contribution in [3.05, 3.63) is 103 Å². The van der Waals surface area contributed by atoms with Crippen molar-refractivity contribution >= 4 is 57.7 Å². The van der Waals surface area contributed by atoms with E-state index in [1.165, 1.54) is 6.33 Å². The molecule has 1 aliphatic carbocycles. The van der Waals surface area contributed by atoms with Crippen LogP contribution in [0.25, 0.3) is 22.3 Å². The van der Waals surface area contributed by atoms with E-state index in [9.17, 15) is 14.4 Å². The van der Waals surface area contributed by atoms with Crippen LogP contribution >= 0.6 is 0 Å². The summed E-state index contributed by atoms with van der Waals surface area (Å²) < 4.78 is 19.4. The van der Waals surface area contributed by atoms with Gasteiger partial charge in [-0.1, -0.05) is 69.7 Å². The topological polar surface area (TPSA) is 208 Å². The number of benzene rings is 3. The molecule has 3 aromatic heterocycles. The van der Waals surface area contributed by atoms with Gasteiger partial charge in [0.2, 0.25) is 17.8 Å². The first-order valence-corrected chi connectivity index (χ1v) is 26.2. The molecule has 18 heteroatoms. The summed E-state index contributed by atoms with van der Waals surface area (Å²) >= 11 is 0. The van der Waals surface area contributed by atoms with E-state index in [-0.39, 0.29) is 35.8 Å². The number of carbonyl (C=O) groups is 3. The van der Waals surface area contributed by atoms with Crippen LogP contribution in [0.5, 0.6) is 17.2 Å². The molecule has 18 nitrogen and oxygen atoms in total. The zero-order chi connectivity index (χ0) is 51.4. The lowest BCUT2D eigenvalue weighted by Gasteiger charge is -2.43. The highest BCUT2D eigenvalue weighted by atomic mass is 16.5. The zero-order valence-electron chi connectivity index (χ0n) is 42.7. The van der Waals surface area contributed by atoms with E-state index in [1.807, 2.05) is 71.1 Å². The molecule has 2 atom stereocenters. The van der Waals surface area contributed by atoms with Gasteiger partial charge in [-0.15, -0.1) is 0 Å². The number of hydrogen-bond acceptors (Lipinski definition) is 14. The van der Waals surface area contributed by atoms with Gasteiger partial charge in [0.25, 0.3) is 5.91 Å². The lowest BCUT2D eigenvalue weighted by atomic mass is 10.0. The number of likely N-dealkylation sites (tertiary alicyclic amines) is 1. The minimum absolute atomic E-state index is 0.0535. The van der Waals surface area contributed by atoms with E-state index in [2.05, 4.69) is 30.5 Å². The summed E-state index contributed by atoms with van der Waals surface area (Å²) in [7, 11) is 3.36. The van der Waals surface area contributed by atoms with Gasteiger partial charge in [-0.05, 0) is 99.5 Å². The average molecular weight is 1010 g/mol. The van der Waals surface area contributed by atoms with Gasteiger partial charge >= 0.3 is 0 Å². The van der Waals surface area contributed by atoms with Crippen LogP contribution < -0.4 is 35.6 Å². The molecule has 0 spiro atoms. The van der Waals surface area contributed by atoms with E-state index in [1.54, 1.807) is 55.6 Å². The Morgan fingerprint density at radius 3 is 2.42 bits per heavy atom. The van der Waals surface area contributed by atoms with Gasteiger partial charge in [0.05, 0.1) is 37.0 Å². The van der Waals surface area contributed by atoms with E-state index in [0.29, 0.717) is 96.2 Å². The number of fused-ring (bicyclic) bond motifs is 2. The number of nitrogens with zero attached hydrogens (tertiary/aromatic N) is 9. The van der Waals surface area contributed by atoms with Crippen molar-refractivity contribution in [3.8, 4) is 28.5 Å². The standard InChI is InChI=1S/C56H68N12O6/c1-4-45-55(71)65(2)46-35-59-56(63-52(46)67(45)40-18-12-13-19-40)62-44-29-26-39(34-47(44)72-3)54(70)58-30-14-7-5-6-8-15-32-73-33-17-23-48(69)66-31-16-20-41(36-66)68-53-49(51(57)60-37-61-53)50(64-68)38-24-27-43(28-25-38)74-42-21-10-9-11-22-42/h9-11,17,21-29,34-35,37,40-41,45H,4-8,12-16,18-20,30-33,36H2,1-3H3,(H,58,70)(H2,57,60,61)(H,59,62,63)/b23-17+/t41-,45-/m1/s1. The number of carbonyl (C=O) groups excluding carboxylic acids is 3. The summed E-state index contributed by atoms with van der Waals surface area (Å²) in [6.45, 7) is 4.79. The van der Waals surface area contributed by atoms with E-state index < -0.39 is 0 Å². The Morgan fingerprint density at radius 1 is 0.878 bits per heavy atom. The Labute approximate surface area is 432 Å². The van der Waals surface area contributed by atoms with Crippen LogP contribution in [0.1, 0.15) is 107 Å². The number of anilines is 5. The second-order valence-electron chi connectivity index (χ2n) is 19.2. The number of piperidine rings is 1. The zero-order valence-corrected chi connectivity index (χ0v) is 42.7. The maximum atomic E-state index is 13.3. The van der Waals surface area contributed by atoms with Crippen LogP contribution in [0.4, 0.5) is 29.0 Å². The average Bonchev–Trinajstić information content (AvgIpc) is 4.11. The Balaban J connectivity index is 0.661. The summed E-state index contributed by atoms with van der Waals surface area (Å²) in [5, 5.41) is 12.1. The van der Waals surface area contributed by atoms with Crippen molar-refractivity contribution in [2.75, 3.05) is 67.9 Å². The van der Waals surface area contributed by atoms with Gasteiger partial charge in [-0.25, -0.2) is 19.6 Å². The van der Waals surface area contributed by atoms with Crippen molar-refractivity contribution in [3.63, 3.8) is 0 Å². The molecule has 1 saturated carbocycles. The number of amides is 3. The molecule has 74 heavy (non-hydrogen) atoms. The highest BCUT2D eigenvalue weighted by molar-refractivity contribution is 6.04. The predicted molar refractivity (Wildman–Crippen MR) is 287 cm³/mol. The number of likely N-dealkylation sites (N-methyl/N-ethyl adjacent to an activating group) is 1. The molecule has 3 aromatic carbocycles. The number of ether oxygens (including phenoxy) is 3. The van der Waals surface area contributed by atoms with Crippen LogP contribution in [-0.2, 0) is 14.3 Å². The van der Waals surface area contributed by atoms with Gasteiger partial charge in [0, 0.05) is 56.5 Å². The molecule has 1 saturated heterocycles. The lowest BCUT2D eigenvalue weighted by molar-refractivity contribution is -0.127. The normalized spacial score (nSPS) is 17.0. The summed E-state index contributed by atoms with van der Waals surface area (Å²) in [6, 6.07) is 22.6. The number of unbranched alkanes of at least 4 members (excludes halogenated alkanes) is 5. The van der Waals surface area contributed by atoms with Gasteiger partial charge in [0.1, 0.15) is 46.8 Å². The van der Waals surface area contributed by atoms with Crippen molar-refractivity contribution in [1.29, 1.82) is 0 Å². The molecule has 4 N–H and O–H groups in total. The molecule has 3 aliphatic rings. The molecule has 9 rings (SSSR count). The highest BCUT2D eigenvalue weighted by Gasteiger charge is 2.41. The largest absolute Gasteiger partial charge is 0.495 e. The molecule has 388 valence electrons. The maximum Gasteiger partial charge on any atom is 0.251 e. The number of para-hydroxylation sites is 1. The second-order valence-corrected chi connectivity index (χ2v) is 19.2. The van der Waals surface area contributed by atoms with Crippen LogP contribution in [0.2, 0.25) is 0 Å². The number of nitrogens with one attached hydrogen (secondary N) is 2. The number of nitrogens with two attached hydrogens (primary N) is 1. The first-order chi connectivity index (χ1) is 36.2. The summed E-state index contributed by atoms with van der Waals surface area (Å²) in [4.78, 5) is 63.9. The number of aromatic nitrogens is 6.